The van der Waals surface area contributed by atoms with E-state index in [-0.39, 0.29) is 4.90 Å². The van der Waals surface area contributed by atoms with Crippen molar-refractivity contribution in [3.05, 3.63) is 0 Å². The molecule has 29 heavy (non-hydrogen) atoms. The number of rotatable bonds is 4. The molecule has 13 heteroatoms. The van der Waals surface area contributed by atoms with Crippen LogP contribution in [0.2, 0.25) is 0 Å². The predicted octanol–water partition coefficient (Wildman–Crippen LogP) is 1.68. The highest BCUT2D eigenvalue weighted by Crippen LogP contribution is 2.65. The normalized spacial score (nSPS) is 25.6. The molecule has 1 saturated carbocycles. The summed E-state index contributed by atoms with van der Waals surface area (Å²) >= 11 is 0. The van der Waals surface area contributed by atoms with E-state index < -0.39 is 60.4 Å². The fraction of sp³-hybridized carbons (Fsp3) is 0.812. The molecule has 0 aliphatic heterocycles. The number of methoxy groups -OCH3 is 1. The fourth-order valence-corrected chi connectivity index (χ4v) is 3.51. The lowest BCUT2D eigenvalue weighted by Gasteiger charge is -2.34. The molecule has 1 unspecified atom stereocenters. The van der Waals surface area contributed by atoms with Crippen molar-refractivity contribution in [2.45, 2.75) is 76.2 Å². The molecule has 0 bridgehead atoms. The largest absolute Gasteiger partial charge is 0.467 e. The first-order chi connectivity index (χ1) is 12.7. The zero-order chi connectivity index (χ0) is 23.2. The zero-order valence-corrected chi connectivity index (χ0v) is 18.2. The van der Waals surface area contributed by atoms with E-state index >= 15 is 4.39 Å². The van der Waals surface area contributed by atoms with Crippen LogP contribution in [-0.4, -0.2) is 73.3 Å². The zero-order valence-electron chi connectivity index (χ0n) is 17.3. The van der Waals surface area contributed by atoms with Crippen molar-refractivity contribution in [3.63, 3.8) is 0 Å². The van der Waals surface area contributed by atoms with Gasteiger partial charge in [-0.05, 0) is 41.5 Å². The quantitative estimate of drug-likeness (QED) is 0.331. The van der Waals surface area contributed by atoms with Gasteiger partial charge in [0.05, 0.1) is 7.11 Å². The Hall–Kier alpha value is -1.75. The summed E-state index contributed by atoms with van der Waals surface area (Å²) < 4.78 is 41.5. The smallest absolute Gasteiger partial charge is 0.420 e. The number of halogens is 1. The van der Waals surface area contributed by atoms with Crippen molar-refractivity contribution in [2.24, 2.45) is 0 Å². The molecular weight excluding hydrogens is 416 g/mol. The average molecular weight is 443 g/mol. The average Bonchev–Trinajstić information content (AvgIpc) is 3.08. The first-order valence-electron chi connectivity index (χ1n) is 8.50. The molecule has 168 valence electrons. The molecule has 0 radical (unpaired) electrons. The minimum Gasteiger partial charge on any atom is -0.467 e. The van der Waals surface area contributed by atoms with Crippen molar-refractivity contribution in [3.8, 4) is 0 Å². The first kappa shape index (κ1) is 25.3. The summed E-state index contributed by atoms with van der Waals surface area (Å²) in [5.74, 6) is -4.54. The van der Waals surface area contributed by atoms with Crippen molar-refractivity contribution in [1.29, 1.82) is 0 Å². The van der Waals surface area contributed by atoms with Gasteiger partial charge in [0, 0.05) is 6.42 Å². The number of ether oxygens (including phenoxy) is 3. The number of alkyl halides is 1. The monoisotopic (exact) mass is 443 g/mol. The van der Waals surface area contributed by atoms with E-state index in [0.717, 1.165) is 7.11 Å². The minimum atomic E-state index is -5.49. The van der Waals surface area contributed by atoms with Gasteiger partial charge >= 0.3 is 25.8 Å². The van der Waals surface area contributed by atoms with Crippen molar-refractivity contribution in [1.82, 2.24) is 4.90 Å². The Morgan fingerprint density at radius 1 is 1.03 bits per heavy atom. The summed E-state index contributed by atoms with van der Waals surface area (Å²) in [7, 11) is -4.67. The lowest BCUT2D eigenvalue weighted by atomic mass is 10.1. The highest BCUT2D eigenvalue weighted by Gasteiger charge is 2.86. The second-order valence-electron chi connectivity index (χ2n) is 8.65. The topological polar surface area (TPSA) is 160 Å². The van der Waals surface area contributed by atoms with Crippen LogP contribution >= 0.6 is 7.60 Å². The van der Waals surface area contributed by atoms with Crippen LogP contribution < -0.4 is 0 Å². The number of carbonyl (C=O) groups excluding carboxylic acids is 3. The molecule has 0 aromatic carbocycles. The van der Waals surface area contributed by atoms with E-state index in [2.05, 4.69) is 4.74 Å². The van der Waals surface area contributed by atoms with Gasteiger partial charge in [0.25, 0.3) is 0 Å². The molecule has 11 nitrogen and oxygen atoms in total. The predicted molar refractivity (Wildman–Crippen MR) is 95.6 cm³/mol. The van der Waals surface area contributed by atoms with Gasteiger partial charge in [0.15, 0.2) is 17.1 Å². The van der Waals surface area contributed by atoms with Crippen LogP contribution in [-0.2, 0) is 23.6 Å². The standard InChI is InChI=1S/C16H27FNO10P/c1-13(2,3)27-11(21)18(12(22)28-14(4,5)6)16(9(19)26-7)8-15(16,17)10(20)29(23,24)25/h10,20H,8H2,1-7H3,(H2,23,24,25)/t10?,15-,16-/m1/s1. The van der Waals surface area contributed by atoms with Crippen LogP contribution in [0.25, 0.3) is 0 Å². The molecule has 3 N–H and O–H groups in total. The van der Waals surface area contributed by atoms with Crippen LogP contribution in [0.3, 0.4) is 0 Å². The first-order valence-corrected chi connectivity index (χ1v) is 10.2. The number of carbonyl (C=O) groups is 3. The van der Waals surface area contributed by atoms with Gasteiger partial charge in [-0.3, -0.25) is 4.57 Å². The molecule has 3 atom stereocenters. The Balaban J connectivity index is 3.60. The number of nitrogens with zero attached hydrogens (tertiary/aromatic N) is 1. The van der Waals surface area contributed by atoms with Gasteiger partial charge in [-0.15, -0.1) is 0 Å². The Morgan fingerprint density at radius 3 is 1.69 bits per heavy atom. The van der Waals surface area contributed by atoms with Gasteiger partial charge in [-0.25, -0.2) is 18.8 Å². The SMILES string of the molecule is COC(=O)[C@]1(N(C(=O)OC(C)(C)C)C(=O)OC(C)(C)C)C[C@@]1(F)C(O)P(=O)(O)O. The minimum absolute atomic E-state index is 0.0335. The third-order valence-electron chi connectivity index (χ3n) is 3.86. The van der Waals surface area contributed by atoms with E-state index in [1.165, 1.54) is 41.5 Å². The van der Waals surface area contributed by atoms with E-state index in [4.69, 9.17) is 9.47 Å². The maximum atomic E-state index is 15.5. The number of imide groups is 1. The summed E-state index contributed by atoms with van der Waals surface area (Å²) in [4.78, 5) is 56.2. The maximum absolute atomic E-state index is 15.5. The van der Waals surface area contributed by atoms with E-state index in [9.17, 15) is 33.8 Å². The molecule has 0 aromatic rings. The second kappa shape index (κ2) is 7.50. The fourth-order valence-electron chi connectivity index (χ4n) is 2.67. The summed E-state index contributed by atoms with van der Waals surface area (Å²) in [6.07, 6.45) is -4.17. The second-order valence-corrected chi connectivity index (χ2v) is 10.3. The molecule has 1 fully saturated rings. The van der Waals surface area contributed by atoms with Crippen molar-refractivity contribution >= 4 is 25.8 Å². The summed E-state index contributed by atoms with van der Waals surface area (Å²) in [5.41, 5.74) is -8.67. The van der Waals surface area contributed by atoms with Crippen molar-refractivity contribution in [2.75, 3.05) is 7.11 Å². The van der Waals surface area contributed by atoms with Gasteiger partial charge in [-0.2, -0.15) is 4.90 Å². The maximum Gasteiger partial charge on any atom is 0.420 e. The number of aliphatic hydroxyl groups excluding tert-OH is 1. The Morgan fingerprint density at radius 2 is 1.41 bits per heavy atom. The molecule has 1 aliphatic carbocycles. The molecule has 0 spiro atoms. The summed E-state index contributed by atoms with van der Waals surface area (Å²) in [6.45, 7) is 8.60. The van der Waals surface area contributed by atoms with Crippen LogP contribution in [0.4, 0.5) is 14.0 Å². The third kappa shape index (κ3) is 5.06. The molecule has 2 amide bonds. The van der Waals surface area contributed by atoms with E-state index in [1.807, 2.05) is 0 Å². The Kier molecular flexibility index (Phi) is 6.54. The lowest BCUT2D eigenvalue weighted by Crippen LogP contribution is -2.58. The van der Waals surface area contributed by atoms with Gasteiger partial charge in [0.1, 0.15) is 11.2 Å². The highest BCUT2D eigenvalue weighted by molar-refractivity contribution is 7.52. The van der Waals surface area contributed by atoms with Crippen LogP contribution in [0, 0.1) is 0 Å². The Labute approximate surface area is 167 Å². The van der Waals surface area contributed by atoms with Gasteiger partial charge in [0.2, 0.25) is 0 Å². The van der Waals surface area contributed by atoms with E-state index in [1.54, 1.807) is 0 Å². The number of esters is 1. The van der Waals surface area contributed by atoms with Gasteiger partial charge in [-0.1, -0.05) is 0 Å². The number of hydrogen-bond acceptors (Lipinski definition) is 8. The molecular formula is C16H27FNO10P. The lowest BCUT2D eigenvalue weighted by molar-refractivity contribution is -0.151. The van der Waals surface area contributed by atoms with Crippen LogP contribution in [0.1, 0.15) is 48.0 Å². The summed E-state index contributed by atoms with van der Waals surface area (Å²) in [6, 6.07) is 0. The molecule has 1 rings (SSSR count). The van der Waals surface area contributed by atoms with Crippen LogP contribution in [0.5, 0.6) is 0 Å². The van der Waals surface area contributed by atoms with Crippen LogP contribution in [0.15, 0.2) is 0 Å². The number of hydrogen-bond donors (Lipinski definition) is 3. The molecule has 0 aromatic heterocycles. The van der Waals surface area contributed by atoms with E-state index in [0.29, 0.717) is 0 Å². The third-order valence-corrected chi connectivity index (χ3v) is 4.91. The van der Waals surface area contributed by atoms with Crippen molar-refractivity contribution < 1.29 is 52.4 Å². The molecule has 1 aliphatic rings. The Bertz CT molecular complexity index is 711. The van der Waals surface area contributed by atoms with Gasteiger partial charge < -0.3 is 29.1 Å². The number of amides is 2. The molecule has 0 heterocycles. The molecule has 0 saturated heterocycles. The summed E-state index contributed by atoms with van der Waals surface area (Å²) in [5, 5.41) is 9.87. The highest BCUT2D eigenvalue weighted by atomic mass is 31.2. The number of aliphatic hydroxyl groups is 1.